The third-order valence-corrected chi connectivity index (χ3v) is 4.10. The average molecular weight is 325 g/mol. The molecule has 2 N–H and O–H groups in total. The second-order valence-electron chi connectivity index (χ2n) is 5.31. The Labute approximate surface area is 141 Å². The molecule has 0 saturated heterocycles. The van der Waals surface area contributed by atoms with Crippen molar-refractivity contribution in [3.63, 3.8) is 0 Å². The van der Waals surface area contributed by atoms with E-state index in [1.54, 1.807) is 12.3 Å². The van der Waals surface area contributed by atoms with Crippen molar-refractivity contribution in [3.05, 3.63) is 52.3 Å². The molecule has 0 saturated carbocycles. The molecule has 0 bridgehead atoms. The molecule has 0 aliphatic heterocycles. The minimum atomic E-state index is 0.420. The Kier molecular flexibility index (Phi) is 5.14. The smallest absolute Gasteiger partial charge is 0.191 e. The summed E-state index contributed by atoms with van der Waals surface area (Å²) < 4.78 is 1.83. The Hall–Kier alpha value is -2.65. The lowest BCUT2D eigenvalue weighted by Crippen LogP contribution is -2.24. The van der Waals surface area contributed by atoms with Crippen LogP contribution in [0.5, 0.6) is 0 Å². The Morgan fingerprint density at radius 3 is 2.74 bits per heavy atom. The topological polar surface area (TPSA) is 65.1 Å². The van der Waals surface area contributed by atoms with Crippen molar-refractivity contribution in [3.8, 4) is 6.07 Å². The summed E-state index contributed by atoms with van der Waals surface area (Å²) >= 11 is 5.25. The third kappa shape index (κ3) is 3.76. The number of anilines is 1. The van der Waals surface area contributed by atoms with Gasteiger partial charge >= 0.3 is 0 Å². The van der Waals surface area contributed by atoms with Gasteiger partial charge < -0.3 is 9.88 Å². The predicted octanol–water partition coefficient (Wildman–Crippen LogP) is 3.14. The van der Waals surface area contributed by atoms with E-state index in [2.05, 4.69) is 34.9 Å². The summed E-state index contributed by atoms with van der Waals surface area (Å²) in [7, 11) is 1.85. The molecule has 0 spiro atoms. The summed E-state index contributed by atoms with van der Waals surface area (Å²) in [4.78, 5) is 0. The zero-order valence-electron chi connectivity index (χ0n) is 13.6. The van der Waals surface area contributed by atoms with E-state index in [1.807, 2.05) is 37.6 Å². The molecule has 0 amide bonds. The molecule has 118 valence electrons. The number of hydrazone groups is 1. The second kappa shape index (κ2) is 7.07. The van der Waals surface area contributed by atoms with Gasteiger partial charge in [-0.3, -0.25) is 5.43 Å². The number of rotatable bonds is 3. The van der Waals surface area contributed by atoms with Gasteiger partial charge in [-0.25, -0.2) is 0 Å². The largest absolute Gasteiger partial charge is 0.339 e. The van der Waals surface area contributed by atoms with E-state index in [1.165, 1.54) is 5.56 Å². The first-order valence-electron chi connectivity index (χ1n) is 7.16. The maximum Gasteiger partial charge on any atom is 0.191 e. The van der Waals surface area contributed by atoms with Gasteiger partial charge in [0.1, 0.15) is 11.8 Å². The normalized spacial score (nSPS) is 10.6. The van der Waals surface area contributed by atoms with E-state index in [-0.39, 0.29) is 0 Å². The molecule has 6 heteroatoms. The molecule has 0 fully saturated rings. The third-order valence-electron chi connectivity index (χ3n) is 3.91. The summed E-state index contributed by atoms with van der Waals surface area (Å²) in [6, 6.07) is 9.94. The Balaban J connectivity index is 2.02. The predicted molar refractivity (Wildman–Crippen MR) is 97.7 cm³/mol. The van der Waals surface area contributed by atoms with Crippen molar-refractivity contribution in [2.45, 2.75) is 20.8 Å². The SMILES string of the molecule is Cc1cccc(NC(=S)N/N=C/c2cc(C#N)n(C)c2C)c1C. The summed E-state index contributed by atoms with van der Waals surface area (Å²) in [6.45, 7) is 6.04. The Bertz CT molecular complexity index is 811. The van der Waals surface area contributed by atoms with Crippen LogP contribution in [0, 0.1) is 32.1 Å². The monoisotopic (exact) mass is 325 g/mol. The molecule has 2 rings (SSSR count). The van der Waals surface area contributed by atoms with Crippen molar-refractivity contribution in [1.29, 1.82) is 5.26 Å². The Morgan fingerprint density at radius 1 is 1.35 bits per heavy atom. The average Bonchev–Trinajstić information content (AvgIpc) is 2.80. The van der Waals surface area contributed by atoms with Crippen LogP contribution in [0.2, 0.25) is 0 Å². The molecule has 1 aromatic carbocycles. The maximum absolute atomic E-state index is 9.02. The van der Waals surface area contributed by atoms with Gasteiger partial charge in [-0.2, -0.15) is 10.4 Å². The van der Waals surface area contributed by atoms with Gasteiger partial charge in [0, 0.05) is 24.0 Å². The zero-order chi connectivity index (χ0) is 17.0. The number of nitrogens with one attached hydrogen (secondary N) is 2. The fraction of sp³-hybridized carbons (Fsp3) is 0.235. The number of aromatic nitrogens is 1. The van der Waals surface area contributed by atoms with Gasteiger partial charge in [-0.1, -0.05) is 12.1 Å². The van der Waals surface area contributed by atoms with Gasteiger partial charge in [0.2, 0.25) is 0 Å². The van der Waals surface area contributed by atoms with Gasteiger partial charge in [0.15, 0.2) is 5.11 Å². The van der Waals surface area contributed by atoms with Crippen LogP contribution in [0.4, 0.5) is 5.69 Å². The molecule has 23 heavy (non-hydrogen) atoms. The fourth-order valence-corrected chi connectivity index (χ4v) is 2.32. The minimum absolute atomic E-state index is 0.420. The molecule has 0 radical (unpaired) electrons. The van der Waals surface area contributed by atoms with Crippen LogP contribution in [-0.4, -0.2) is 15.9 Å². The van der Waals surface area contributed by atoms with Crippen molar-refractivity contribution in [2.24, 2.45) is 12.1 Å². The van der Waals surface area contributed by atoms with Crippen molar-refractivity contribution in [1.82, 2.24) is 9.99 Å². The molecule has 5 nitrogen and oxygen atoms in total. The maximum atomic E-state index is 9.02. The van der Waals surface area contributed by atoms with E-state index in [0.29, 0.717) is 10.8 Å². The second-order valence-corrected chi connectivity index (χ2v) is 5.72. The summed E-state index contributed by atoms with van der Waals surface area (Å²) in [5.74, 6) is 0. The Morgan fingerprint density at radius 2 is 2.09 bits per heavy atom. The van der Waals surface area contributed by atoms with Crippen molar-refractivity contribution < 1.29 is 0 Å². The molecule has 1 heterocycles. The van der Waals surface area contributed by atoms with Gasteiger partial charge in [0.05, 0.1) is 6.21 Å². The zero-order valence-corrected chi connectivity index (χ0v) is 14.5. The van der Waals surface area contributed by atoms with E-state index in [4.69, 9.17) is 17.5 Å². The molecule has 0 unspecified atom stereocenters. The van der Waals surface area contributed by atoms with E-state index in [0.717, 1.165) is 22.5 Å². The summed E-state index contributed by atoms with van der Waals surface area (Å²) in [6.07, 6.45) is 1.66. The first-order chi connectivity index (χ1) is 10.9. The molecule has 0 atom stereocenters. The van der Waals surface area contributed by atoms with Crippen molar-refractivity contribution in [2.75, 3.05) is 5.32 Å². The highest BCUT2D eigenvalue weighted by Crippen LogP contribution is 2.17. The van der Waals surface area contributed by atoms with Crippen LogP contribution < -0.4 is 10.7 Å². The number of hydrogen-bond donors (Lipinski definition) is 2. The number of hydrogen-bond acceptors (Lipinski definition) is 3. The van der Waals surface area contributed by atoms with Crippen LogP contribution in [-0.2, 0) is 7.05 Å². The van der Waals surface area contributed by atoms with Crippen LogP contribution in [0.1, 0.15) is 28.1 Å². The van der Waals surface area contributed by atoms with Crippen LogP contribution >= 0.6 is 12.2 Å². The number of aryl methyl sites for hydroxylation is 1. The first-order valence-corrected chi connectivity index (χ1v) is 7.57. The molecular weight excluding hydrogens is 306 g/mol. The van der Waals surface area contributed by atoms with E-state index in [9.17, 15) is 0 Å². The number of thiocarbonyl (C=S) groups is 1. The van der Waals surface area contributed by atoms with Gasteiger partial charge in [-0.15, -0.1) is 0 Å². The quantitative estimate of drug-likeness (QED) is 0.517. The molecule has 1 aromatic heterocycles. The van der Waals surface area contributed by atoms with Gasteiger partial charge in [-0.05, 0) is 56.2 Å². The van der Waals surface area contributed by atoms with E-state index < -0.39 is 0 Å². The first kappa shape index (κ1) is 16.7. The van der Waals surface area contributed by atoms with Crippen LogP contribution in [0.25, 0.3) is 0 Å². The molecular formula is C17H19N5S. The highest BCUT2D eigenvalue weighted by molar-refractivity contribution is 7.80. The van der Waals surface area contributed by atoms with E-state index >= 15 is 0 Å². The standard InChI is InChI=1S/C17H19N5S/c1-11-6-5-7-16(12(11)2)20-17(23)21-19-10-14-8-15(9-18)22(4)13(14)3/h5-8,10H,1-4H3,(H2,20,21,23)/b19-10+. The molecule has 0 aliphatic carbocycles. The van der Waals surface area contributed by atoms with Gasteiger partial charge in [0.25, 0.3) is 0 Å². The number of benzene rings is 1. The molecule has 2 aromatic rings. The molecule has 0 aliphatic rings. The summed E-state index contributed by atoms with van der Waals surface area (Å²) in [5.41, 5.74) is 8.56. The number of nitriles is 1. The van der Waals surface area contributed by atoms with Crippen LogP contribution in [0.3, 0.4) is 0 Å². The fourth-order valence-electron chi connectivity index (χ4n) is 2.16. The minimum Gasteiger partial charge on any atom is -0.339 e. The lowest BCUT2D eigenvalue weighted by atomic mass is 10.1. The highest BCUT2D eigenvalue weighted by atomic mass is 32.1. The highest BCUT2D eigenvalue weighted by Gasteiger charge is 2.06. The van der Waals surface area contributed by atoms with Crippen LogP contribution in [0.15, 0.2) is 29.4 Å². The number of nitrogens with zero attached hydrogens (tertiary/aromatic N) is 3. The summed E-state index contributed by atoms with van der Waals surface area (Å²) in [5, 5.41) is 16.7. The lowest BCUT2D eigenvalue weighted by Gasteiger charge is -2.11. The van der Waals surface area contributed by atoms with Crippen molar-refractivity contribution >= 4 is 29.2 Å². The lowest BCUT2D eigenvalue weighted by molar-refractivity contribution is 0.865.